The second-order valence-corrected chi connectivity index (χ2v) is 8.92. The maximum Gasteiger partial charge on any atom is 0.0431 e. The Labute approximate surface area is 173 Å². The first-order chi connectivity index (χ1) is 12.4. The third kappa shape index (κ3) is 24.7. The SMILES string of the molecule is OCCCCCCCCCCCCCCCCCCCCCCCI. The van der Waals surface area contributed by atoms with Crippen LogP contribution < -0.4 is 0 Å². The average molecular weight is 467 g/mol. The molecule has 0 radical (unpaired) electrons. The van der Waals surface area contributed by atoms with Crippen molar-refractivity contribution in [3.05, 3.63) is 0 Å². The number of halogens is 1. The second-order valence-electron chi connectivity index (χ2n) is 7.84. The van der Waals surface area contributed by atoms with E-state index >= 15 is 0 Å². The third-order valence-corrected chi connectivity index (χ3v) is 6.05. The van der Waals surface area contributed by atoms with E-state index in [1.165, 1.54) is 133 Å². The molecule has 0 aliphatic rings. The first kappa shape index (κ1) is 25.7. The largest absolute Gasteiger partial charge is 0.396 e. The van der Waals surface area contributed by atoms with Gasteiger partial charge < -0.3 is 5.11 Å². The summed E-state index contributed by atoms with van der Waals surface area (Å²) in [5.41, 5.74) is 0. The van der Waals surface area contributed by atoms with Crippen LogP contribution in [0.2, 0.25) is 0 Å². The molecule has 0 unspecified atom stereocenters. The topological polar surface area (TPSA) is 20.2 Å². The molecule has 0 saturated carbocycles. The number of unbranched alkanes of at least 4 members (excludes halogenated alkanes) is 20. The Kier molecular flexibility index (Phi) is 25.4. The van der Waals surface area contributed by atoms with Crippen LogP contribution in [-0.4, -0.2) is 16.1 Å². The van der Waals surface area contributed by atoms with Gasteiger partial charge in [0.25, 0.3) is 0 Å². The van der Waals surface area contributed by atoms with E-state index in [1.54, 1.807) is 0 Å². The van der Waals surface area contributed by atoms with Gasteiger partial charge in [0.05, 0.1) is 0 Å². The van der Waals surface area contributed by atoms with E-state index in [9.17, 15) is 0 Å². The van der Waals surface area contributed by atoms with Crippen molar-refractivity contribution >= 4 is 22.6 Å². The molecule has 0 fully saturated rings. The van der Waals surface area contributed by atoms with Crippen LogP contribution in [0.5, 0.6) is 0 Å². The van der Waals surface area contributed by atoms with E-state index in [0.29, 0.717) is 6.61 Å². The smallest absolute Gasteiger partial charge is 0.0431 e. The highest BCUT2D eigenvalue weighted by Crippen LogP contribution is 2.15. The minimum atomic E-state index is 0.374. The summed E-state index contributed by atoms with van der Waals surface area (Å²) in [6.45, 7) is 0.374. The molecular weight excluding hydrogens is 419 g/mol. The highest BCUT2D eigenvalue weighted by molar-refractivity contribution is 14.1. The standard InChI is InChI=1S/C23H47IO/c24-22-20-18-16-14-12-10-8-6-4-2-1-3-5-7-9-11-13-15-17-19-21-23-25/h25H,1-23H2. The summed E-state index contributed by atoms with van der Waals surface area (Å²) in [5.74, 6) is 0. The Hall–Kier alpha value is 0.690. The van der Waals surface area contributed by atoms with E-state index in [1.807, 2.05) is 0 Å². The van der Waals surface area contributed by atoms with Crippen molar-refractivity contribution in [3.63, 3.8) is 0 Å². The fraction of sp³-hybridized carbons (Fsp3) is 1.00. The van der Waals surface area contributed by atoms with Gasteiger partial charge in [-0.15, -0.1) is 0 Å². The fourth-order valence-electron chi connectivity index (χ4n) is 3.57. The van der Waals surface area contributed by atoms with Crippen molar-refractivity contribution in [2.24, 2.45) is 0 Å². The van der Waals surface area contributed by atoms with Crippen LogP contribution in [-0.2, 0) is 0 Å². The van der Waals surface area contributed by atoms with Crippen LogP contribution in [0.4, 0.5) is 0 Å². The van der Waals surface area contributed by atoms with Gasteiger partial charge in [0, 0.05) is 6.61 Å². The average Bonchev–Trinajstić information content (AvgIpc) is 2.63. The predicted molar refractivity (Wildman–Crippen MR) is 123 cm³/mol. The molecule has 0 rings (SSSR count). The highest BCUT2D eigenvalue weighted by atomic mass is 127. The molecule has 25 heavy (non-hydrogen) atoms. The summed E-state index contributed by atoms with van der Waals surface area (Å²) in [5, 5.41) is 8.72. The summed E-state index contributed by atoms with van der Waals surface area (Å²) in [6, 6.07) is 0. The van der Waals surface area contributed by atoms with Crippen molar-refractivity contribution in [2.75, 3.05) is 11.0 Å². The minimum absolute atomic E-state index is 0.374. The molecule has 0 spiro atoms. The molecule has 1 nitrogen and oxygen atoms in total. The summed E-state index contributed by atoms with van der Waals surface area (Å²) >= 11 is 2.49. The van der Waals surface area contributed by atoms with E-state index in [0.717, 1.165) is 6.42 Å². The van der Waals surface area contributed by atoms with Crippen molar-refractivity contribution < 1.29 is 5.11 Å². The Morgan fingerprint density at radius 2 is 0.520 bits per heavy atom. The zero-order valence-electron chi connectivity index (χ0n) is 17.1. The lowest BCUT2D eigenvalue weighted by atomic mass is 10.0. The summed E-state index contributed by atoms with van der Waals surface area (Å²) in [6.07, 6.45) is 29.7. The molecule has 0 aliphatic carbocycles. The molecule has 152 valence electrons. The highest BCUT2D eigenvalue weighted by Gasteiger charge is 1.95. The van der Waals surface area contributed by atoms with Crippen LogP contribution in [0.25, 0.3) is 0 Å². The number of rotatable bonds is 22. The first-order valence-corrected chi connectivity index (χ1v) is 13.1. The monoisotopic (exact) mass is 466 g/mol. The van der Waals surface area contributed by atoms with Crippen LogP contribution in [0.15, 0.2) is 0 Å². The molecule has 0 bridgehead atoms. The van der Waals surface area contributed by atoms with Gasteiger partial charge in [-0.3, -0.25) is 0 Å². The molecule has 0 aromatic carbocycles. The Morgan fingerprint density at radius 3 is 0.720 bits per heavy atom. The molecule has 0 amide bonds. The zero-order valence-corrected chi connectivity index (χ0v) is 19.2. The van der Waals surface area contributed by atoms with E-state index in [-0.39, 0.29) is 0 Å². The van der Waals surface area contributed by atoms with Crippen molar-refractivity contribution in [3.8, 4) is 0 Å². The van der Waals surface area contributed by atoms with Crippen LogP contribution in [0, 0.1) is 0 Å². The van der Waals surface area contributed by atoms with Crippen molar-refractivity contribution in [1.82, 2.24) is 0 Å². The number of aliphatic hydroxyl groups is 1. The van der Waals surface area contributed by atoms with Gasteiger partial charge in [0.2, 0.25) is 0 Å². The Bertz CT molecular complexity index is 198. The van der Waals surface area contributed by atoms with Gasteiger partial charge >= 0.3 is 0 Å². The lowest BCUT2D eigenvalue weighted by Crippen LogP contribution is -1.85. The van der Waals surface area contributed by atoms with Gasteiger partial charge in [-0.25, -0.2) is 0 Å². The van der Waals surface area contributed by atoms with Gasteiger partial charge in [-0.05, 0) is 17.3 Å². The lowest BCUT2D eigenvalue weighted by molar-refractivity contribution is 0.282. The second kappa shape index (κ2) is 24.7. The number of aliphatic hydroxyl groups excluding tert-OH is 1. The molecule has 0 atom stereocenters. The normalized spacial score (nSPS) is 11.3. The number of hydrogen-bond donors (Lipinski definition) is 1. The van der Waals surface area contributed by atoms with Gasteiger partial charge in [-0.2, -0.15) is 0 Å². The lowest BCUT2D eigenvalue weighted by Gasteiger charge is -2.04. The van der Waals surface area contributed by atoms with Crippen LogP contribution in [0.3, 0.4) is 0 Å². The summed E-state index contributed by atoms with van der Waals surface area (Å²) < 4.78 is 1.34. The zero-order chi connectivity index (χ0) is 18.3. The van der Waals surface area contributed by atoms with Crippen molar-refractivity contribution in [2.45, 2.75) is 135 Å². The van der Waals surface area contributed by atoms with Gasteiger partial charge in [0.1, 0.15) is 0 Å². The van der Waals surface area contributed by atoms with Crippen LogP contribution in [0.1, 0.15) is 135 Å². The minimum Gasteiger partial charge on any atom is -0.396 e. The Morgan fingerprint density at radius 1 is 0.320 bits per heavy atom. The summed E-state index contributed by atoms with van der Waals surface area (Å²) in [7, 11) is 0. The molecule has 0 aliphatic heterocycles. The van der Waals surface area contributed by atoms with E-state index in [2.05, 4.69) is 22.6 Å². The molecule has 2 heteroatoms. The molecule has 0 heterocycles. The maximum atomic E-state index is 8.72. The fourth-order valence-corrected chi connectivity index (χ4v) is 4.10. The molecular formula is C23H47IO. The molecule has 0 aromatic heterocycles. The Balaban J connectivity index is 2.94. The molecule has 0 saturated heterocycles. The van der Waals surface area contributed by atoms with Gasteiger partial charge in [-0.1, -0.05) is 145 Å². The van der Waals surface area contributed by atoms with Crippen molar-refractivity contribution in [1.29, 1.82) is 0 Å². The van der Waals surface area contributed by atoms with E-state index in [4.69, 9.17) is 5.11 Å². The number of hydrogen-bond acceptors (Lipinski definition) is 1. The van der Waals surface area contributed by atoms with Crippen LogP contribution >= 0.6 is 22.6 Å². The maximum absolute atomic E-state index is 8.72. The molecule has 0 aromatic rings. The predicted octanol–water partition coefficient (Wildman–Crippen LogP) is 8.61. The first-order valence-electron chi connectivity index (χ1n) is 11.6. The quantitative estimate of drug-likeness (QED) is 0.0962. The number of alkyl halides is 1. The molecule has 1 N–H and O–H groups in total. The summed E-state index contributed by atoms with van der Waals surface area (Å²) in [4.78, 5) is 0. The van der Waals surface area contributed by atoms with E-state index < -0.39 is 0 Å². The third-order valence-electron chi connectivity index (χ3n) is 5.29. The van der Waals surface area contributed by atoms with Gasteiger partial charge in [0.15, 0.2) is 0 Å².